The van der Waals surface area contributed by atoms with Gasteiger partial charge in [0.1, 0.15) is 6.10 Å². The van der Waals surface area contributed by atoms with E-state index in [1.165, 1.54) is 0 Å². The summed E-state index contributed by atoms with van der Waals surface area (Å²) in [5, 5.41) is 0. The summed E-state index contributed by atoms with van der Waals surface area (Å²) in [6, 6.07) is 0. The first-order chi connectivity index (χ1) is 8.66. The molecule has 100 valence electrons. The first kappa shape index (κ1) is 12.0. The van der Waals surface area contributed by atoms with Gasteiger partial charge >= 0.3 is 6.09 Å². The summed E-state index contributed by atoms with van der Waals surface area (Å²) in [4.78, 5) is 25.1. The second kappa shape index (κ2) is 4.23. The highest BCUT2D eigenvalue weighted by Crippen LogP contribution is 2.51. The third-order valence-electron chi connectivity index (χ3n) is 4.42. The van der Waals surface area contributed by atoms with Gasteiger partial charge in [0.15, 0.2) is 5.78 Å². The normalized spacial score (nSPS) is 38.5. The van der Waals surface area contributed by atoms with Gasteiger partial charge in [-0.2, -0.15) is 0 Å². The molecule has 3 rings (SSSR count). The van der Waals surface area contributed by atoms with Gasteiger partial charge in [-0.25, -0.2) is 4.79 Å². The molecule has 5 heteroatoms. The Kier molecular flexibility index (Phi) is 2.81. The zero-order valence-corrected chi connectivity index (χ0v) is 10.7. The van der Waals surface area contributed by atoms with Crippen molar-refractivity contribution < 1.29 is 19.1 Å². The number of epoxide rings is 1. The number of fused-ring (bicyclic) bond motifs is 2. The van der Waals surface area contributed by atoms with E-state index < -0.39 is 0 Å². The first-order valence-electron chi connectivity index (χ1n) is 6.76. The minimum absolute atomic E-state index is 0.00356. The van der Waals surface area contributed by atoms with Crippen molar-refractivity contribution >= 4 is 11.9 Å². The Hall–Kier alpha value is -1.10. The predicted molar refractivity (Wildman–Crippen MR) is 63.2 cm³/mol. The Morgan fingerprint density at radius 2 is 2.39 bits per heavy atom. The van der Waals surface area contributed by atoms with Crippen molar-refractivity contribution in [3.63, 3.8) is 0 Å². The summed E-state index contributed by atoms with van der Waals surface area (Å²) in [6.45, 7) is 3.66. The van der Waals surface area contributed by atoms with Crippen molar-refractivity contribution in [2.24, 2.45) is 5.41 Å². The SMILES string of the molecule is CCOC(=O)N1CCCC2(CCC(=O)C3OC32)C1. The molecule has 2 aliphatic heterocycles. The smallest absolute Gasteiger partial charge is 0.409 e. The predicted octanol–water partition coefficient (Wildman–Crippen LogP) is 1.36. The number of piperidine rings is 1. The maximum Gasteiger partial charge on any atom is 0.409 e. The van der Waals surface area contributed by atoms with Gasteiger partial charge in [-0.15, -0.1) is 0 Å². The molecule has 0 aromatic carbocycles. The van der Waals surface area contributed by atoms with Gasteiger partial charge in [-0.05, 0) is 26.2 Å². The van der Waals surface area contributed by atoms with E-state index in [1.807, 2.05) is 6.92 Å². The third-order valence-corrected chi connectivity index (χ3v) is 4.42. The van der Waals surface area contributed by atoms with Crippen LogP contribution in [0.2, 0.25) is 0 Å². The van der Waals surface area contributed by atoms with Crippen LogP contribution in [0.15, 0.2) is 0 Å². The minimum atomic E-state index is -0.231. The molecule has 2 saturated heterocycles. The summed E-state index contributed by atoms with van der Waals surface area (Å²) >= 11 is 0. The highest BCUT2D eigenvalue weighted by Gasteiger charge is 2.61. The molecule has 1 saturated carbocycles. The molecule has 0 radical (unpaired) electrons. The Balaban J connectivity index is 1.70. The first-order valence-corrected chi connectivity index (χ1v) is 6.76. The highest BCUT2D eigenvalue weighted by molar-refractivity contribution is 5.87. The Labute approximate surface area is 106 Å². The van der Waals surface area contributed by atoms with Crippen molar-refractivity contribution in [1.82, 2.24) is 4.90 Å². The molecule has 0 N–H and O–H groups in total. The summed E-state index contributed by atoms with van der Waals surface area (Å²) < 4.78 is 10.6. The fraction of sp³-hybridized carbons (Fsp3) is 0.846. The number of amides is 1. The molecule has 1 amide bonds. The topological polar surface area (TPSA) is 59.1 Å². The molecule has 2 heterocycles. The molecule has 1 spiro atoms. The molecule has 18 heavy (non-hydrogen) atoms. The molecule has 1 aliphatic carbocycles. The maximum atomic E-state index is 11.8. The van der Waals surface area contributed by atoms with Crippen LogP contribution < -0.4 is 0 Å². The Morgan fingerprint density at radius 1 is 1.56 bits per heavy atom. The summed E-state index contributed by atoms with van der Waals surface area (Å²) in [7, 11) is 0. The lowest BCUT2D eigenvalue weighted by Crippen LogP contribution is -2.51. The zero-order chi connectivity index (χ0) is 12.8. The number of ketones is 1. The van der Waals surface area contributed by atoms with Crippen LogP contribution in [0.3, 0.4) is 0 Å². The van der Waals surface area contributed by atoms with Crippen LogP contribution in [0.4, 0.5) is 4.79 Å². The van der Waals surface area contributed by atoms with Crippen molar-refractivity contribution in [3.05, 3.63) is 0 Å². The van der Waals surface area contributed by atoms with Crippen LogP contribution in [0.5, 0.6) is 0 Å². The second-order valence-corrected chi connectivity index (χ2v) is 5.53. The van der Waals surface area contributed by atoms with Gasteiger partial charge in [-0.1, -0.05) is 0 Å². The lowest BCUT2D eigenvalue weighted by molar-refractivity contribution is -0.121. The van der Waals surface area contributed by atoms with E-state index in [4.69, 9.17) is 9.47 Å². The van der Waals surface area contributed by atoms with Gasteiger partial charge in [0, 0.05) is 24.9 Å². The van der Waals surface area contributed by atoms with Gasteiger partial charge < -0.3 is 14.4 Å². The molecule has 3 aliphatic rings. The van der Waals surface area contributed by atoms with E-state index in [1.54, 1.807) is 4.90 Å². The van der Waals surface area contributed by atoms with Crippen LogP contribution in [0, 0.1) is 5.41 Å². The number of Topliss-reactive ketones (excluding diaryl/α,β-unsaturated/α-hetero) is 1. The molecule has 0 bridgehead atoms. The Bertz CT molecular complexity index is 383. The summed E-state index contributed by atoms with van der Waals surface area (Å²) in [5.41, 5.74) is 0.00356. The number of nitrogens with zero attached hydrogens (tertiary/aromatic N) is 1. The van der Waals surface area contributed by atoms with Gasteiger partial charge in [0.2, 0.25) is 0 Å². The number of hydrogen-bond acceptors (Lipinski definition) is 4. The van der Waals surface area contributed by atoms with Crippen molar-refractivity contribution in [2.45, 2.75) is 44.8 Å². The van der Waals surface area contributed by atoms with Gasteiger partial charge in [0.25, 0.3) is 0 Å². The van der Waals surface area contributed by atoms with Gasteiger partial charge in [0.05, 0.1) is 12.7 Å². The summed E-state index contributed by atoms with van der Waals surface area (Å²) in [6.07, 6.45) is 3.11. The van der Waals surface area contributed by atoms with Crippen LogP contribution >= 0.6 is 0 Å². The fourth-order valence-electron chi connectivity index (χ4n) is 3.45. The lowest BCUT2D eigenvalue weighted by Gasteiger charge is -2.42. The van der Waals surface area contributed by atoms with Crippen LogP contribution in [0.1, 0.15) is 32.6 Å². The molecule has 0 aromatic heterocycles. The van der Waals surface area contributed by atoms with Crippen LogP contribution in [0.25, 0.3) is 0 Å². The van der Waals surface area contributed by atoms with Crippen molar-refractivity contribution in [3.8, 4) is 0 Å². The lowest BCUT2D eigenvalue weighted by atomic mass is 9.69. The van der Waals surface area contributed by atoms with Crippen LogP contribution in [-0.4, -0.2) is 48.7 Å². The standard InChI is InChI=1S/C13H19NO4/c1-2-17-12(16)14-7-3-5-13(8-14)6-4-9(15)10-11(13)18-10/h10-11H,2-8H2,1H3. The second-order valence-electron chi connectivity index (χ2n) is 5.53. The average Bonchev–Trinajstić information content (AvgIpc) is 3.17. The van der Waals surface area contributed by atoms with E-state index in [-0.39, 0.29) is 29.5 Å². The number of carbonyl (C=O) groups excluding carboxylic acids is 2. The van der Waals surface area contributed by atoms with E-state index in [0.717, 1.165) is 25.8 Å². The third kappa shape index (κ3) is 1.81. The van der Waals surface area contributed by atoms with Crippen LogP contribution in [-0.2, 0) is 14.3 Å². The number of likely N-dealkylation sites (tertiary alicyclic amines) is 1. The molecule has 0 aromatic rings. The molecule has 3 atom stereocenters. The maximum absolute atomic E-state index is 11.8. The van der Waals surface area contributed by atoms with E-state index in [2.05, 4.69) is 0 Å². The number of ether oxygens (including phenoxy) is 2. The number of rotatable bonds is 1. The van der Waals surface area contributed by atoms with Crippen molar-refractivity contribution in [1.29, 1.82) is 0 Å². The minimum Gasteiger partial charge on any atom is -0.450 e. The number of carbonyl (C=O) groups is 2. The van der Waals surface area contributed by atoms with E-state index in [0.29, 0.717) is 19.6 Å². The monoisotopic (exact) mass is 253 g/mol. The molecule has 3 fully saturated rings. The summed E-state index contributed by atoms with van der Waals surface area (Å²) in [5.74, 6) is 0.235. The molecular formula is C13H19NO4. The quantitative estimate of drug-likeness (QED) is 0.662. The number of hydrogen-bond donors (Lipinski definition) is 0. The van der Waals surface area contributed by atoms with Crippen molar-refractivity contribution in [2.75, 3.05) is 19.7 Å². The average molecular weight is 253 g/mol. The Morgan fingerprint density at radius 3 is 3.17 bits per heavy atom. The van der Waals surface area contributed by atoms with E-state index in [9.17, 15) is 9.59 Å². The van der Waals surface area contributed by atoms with E-state index >= 15 is 0 Å². The molecule has 3 unspecified atom stereocenters. The highest BCUT2D eigenvalue weighted by atomic mass is 16.6. The molecule has 5 nitrogen and oxygen atoms in total. The van der Waals surface area contributed by atoms with Gasteiger partial charge in [-0.3, -0.25) is 4.79 Å². The molecular weight excluding hydrogens is 234 g/mol. The largest absolute Gasteiger partial charge is 0.450 e. The fourth-order valence-corrected chi connectivity index (χ4v) is 3.45. The zero-order valence-electron chi connectivity index (χ0n) is 10.7.